The normalized spacial score (nSPS) is 20.4. The molecule has 2 nitrogen and oxygen atoms in total. The van der Waals surface area contributed by atoms with Gasteiger partial charge in [-0.3, -0.25) is 0 Å². The van der Waals surface area contributed by atoms with Crippen LogP contribution in [0.5, 0.6) is 5.75 Å². The maximum atomic E-state index is 5.78. The smallest absolute Gasteiger partial charge is 0.128 e. The van der Waals surface area contributed by atoms with Crippen molar-refractivity contribution in [2.75, 3.05) is 12.0 Å². The van der Waals surface area contributed by atoms with Crippen LogP contribution in [0.1, 0.15) is 34.6 Å². The number of ether oxygens (including phenoxy) is 1. The van der Waals surface area contributed by atoms with Gasteiger partial charge in [0.25, 0.3) is 0 Å². The number of anilines is 2. The summed E-state index contributed by atoms with van der Waals surface area (Å²) in [6, 6.07) is 17.3. The van der Waals surface area contributed by atoms with E-state index >= 15 is 0 Å². The summed E-state index contributed by atoms with van der Waals surface area (Å²) in [5.74, 6) is 2.08. The molecule has 3 heteroatoms. The second-order valence-electron chi connectivity index (χ2n) is 7.73. The quantitative estimate of drug-likeness (QED) is 0.661. The number of hydrogen-bond acceptors (Lipinski definition) is 2. The summed E-state index contributed by atoms with van der Waals surface area (Å²) in [5, 5.41) is 1.64. The molecule has 0 spiro atoms. The number of rotatable bonds is 3. The Labute approximate surface area is 147 Å². The lowest BCUT2D eigenvalue weighted by Gasteiger charge is -2.39. The van der Waals surface area contributed by atoms with Gasteiger partial charge in [0.1, 0.15) is 5.75 Å². The van der Waals surface area contributed by atoms with Crippen LogP contribution in [0.4, 0.5) is 11.4 Å². The molecule has 1 heterocycles. The molecule has 0 radical (unpaired) electrons. The average Bonchev–Trinajstić information content (AvgIpc) is 2.91. The molecule has 0 aromatic heterocycles. The van der Waals surface area contributed by atoms with Gasteiger partial charge in [-0.2, -0.15) is 0 Å². The molecule has 2 aromatic carbocycles. The van der Waals surface area contributed by atoms with Crippen LogP contribution in [-0.4, -0.2) is 18.0 Å². The Bertz CT molecular complexity index is 706. The first kappa shape index (κ1) is 17.3. The summed E-state index contributed by atoms with van der Waals surface area (Å²) >= 11 is 0. The van der Waals surface area contributed by atoms with Gasteiger partial charge in [-0.1, -0.05) is 58.9 Å². The predicted octanol–water partition coefficient (Wildman–Crippen LogP) is 5.73. The Hall–Kier alpha value is -1.53. The largest absolute Gasteiger partial charge is 0.496 e. The molecule has 0 N–H and O–H groups in total. The molecule has 0 fully saturated rings. The number of benzene rings is 2. The average molecular weight is 341 g/mol. The summed E-state index contributed by atoms with van der Waals surface area (Å²) in [6.45, 7) is 11.8. The Balaban J connectivity index is 2.27. The molecule has 0 aliphatic carbocycles. The maximum Gasteiger partial charge on any atom is 0.128 e. The molecular formula is C21H28NOP. The zero-order valence-corrected chi connectivity index (χ0v) is 16.5. The van der Waals surface area contributed by atoms with Gasteiger partial charge in [-0.25, -0.2) is 0 Å². The highest BCUT2D eigenvalue weighted by Crippen LogP contribution is 2.64. The predicted molar refractivity (Wildman–Crippen MR) is 107 cm³/mol. The van der Waals surface area contributed by atoms with Crippen LogP contribution < -0.4 is 14.9 Å². The fourth-order valence-corrected chi connectivity index (χ4v) is 7.36. The van der Waals surface area contributed by atoms with Gasteiger partial charge < -0.3 is 9.64 Å². The summed E-state index contributed by atoms with van der Waals surface area (Å²) in [6.07, 6.45) is 0. The van der Waals surface area contributed by atoms with Crippen LogP contribution in [0, 0.1) is 5.92 Å². The Morgan fingerprint density at radius 2 is 1.67 bits per heavy atom. The molecular weight excluding hydrogens is 313 g/mol. The lowest BCUT2D eigenvalue weighted by molar-refractivity contribution is 0.418. The van der Waals surface area contributed by atoms with E-state index in [0.29, 0.717) is 11.7 Å². The SMILES string of the molecule is COc1cccc2c1[P@@](C(C)(C)C)[C@@H](C(C)C)N2c1ccccc1. The Kier molecular flexibility index (Phi) is 4.62. The van der Waals surface area contributed by atoms with Crippen LogP contribution in [0.15, 0.2) is 48.5 Å². The lowest BCUT2D eigenvalue weighted by atomic mass is 10.1. The molecule has 0 amide bonds. The molecule has 0 bridgehead atoms. The van der Waals surface area contributed by atoms with E-state index in [1.807, 2.05) is 0 Å². The second kappa shape index (κ2) is 6.41. The zero-order chi connectivity index (χ0) is 17.5. The van der Waals surface area contributed by atoms with Gasteiger partial charge in [0.05, 0.1) is 18.6 Å². The minimum atomic E-state index is -0.394. The number of para-hydroxylation sites is 1. The number of nitrogens with zero attached hydrogens (tertiary/aromatic N) is 1. The highest BCUT2D eigenvalue weighted by atomic mass is 31.1. The molecule has 1 aliphatic heterocycles. The number of methoxy groups -OCH3 is 1. The van der Waals surface area contributed by atoms with Crippen molar-refractivity contribution in [3.63, 3.8) is 0 Å². The van der Waals surface area contributed by atoms with E-state index in [1.165, 1.54) is 16.7 Å². The first-order chi connectivity index (χ1) is 11.4. The molecule has 2 aromatic rings. The third-order valence-electron chi connectivity index (χ3n) is 4.58. The first-order valence-corrected chi connectivity index (χ1v) is 10.1. The molecule has 24 heavy (non-hydrogen) atoms. The van der Waals surface area contributed by atoms with Crippen molar-refractivity contribution in [2.24, 2.45) is 5.92 Å². The van der Waals surface area contributed by atoms with E-state index < -0.39 is 7.92 Å². The van der Waals surface area contributed by atoms with Crippen LogP contribution in [0.25, 0.3) is 0 Å². The van der Waals surface area contributed by atoms with Gasteiger partial charge in [0.15, 0.2) is 0 Å². The molecule has 0 saturated carbocycles. The lowest BCUT2D eigenvalue weighted by Crippen LogP contribution is -2.34. The van der Waals surface area contributed by atoms with Crippen molar-refractivity contribution < 1.29 is 4.74 Å². The molecule has 1 aliphatic rings. The third-order valence-corrected chi connectivity index (χ3v) is 8.31. The molecule has 128 valence electrons. The van der Waals surface area contributed by atoms with Crippen molar-refractivity contribution in [2.45, 2.75) is 45.6 Å². The van der Waals surface area contributed by atoms with E-state index in [0.717, 1.165) is 5.75 Å². The number of hydrogen-bond donors (Lipinski definition) is 0. The van der Waals surface area contributed by atoms with Crippen LogP contribution in [-0.2, 0) is 0 Å². The Morgan fingerprint density at radius 3 is 2.21 bits per heavy atom. The topological polar surface area (TPSA) is 12.5 Å². The summed E-state index contributed by atoms with van der Waals surface area (Å²) < 4.78 is 5.78. The number of fused-ring (bicyclic) bond motifs is 1. The van der Waals surface area contributed by atoms with Crippen LogP contribution in [0.3, 0.4) is 0 Å². The summed E-state index contributed by atoms with van der Waals surface area (Å²) in [5.41, 5.74) is 2.60. The minimum absolute atomic E-state index is 0.219. The van der Waals surface area contributed by atoms with Crippen molar-refractivity contribution >= 4 is 24.6 Å². The van der Waals surface area contributed by atoms with E-state index in [9.17, 15) is 0 Å². The van der Waals surface area contributed by atoms with E-state index in [2.05, 4.69) is 88.0 Å². The maximum absolute atomic E-state index is 5.78. The van der Waals surface area contributed by atoms with E-state index in [-0.39, 0.29) is 5.16 Å². The standard InChI is InChI=1S/C21H28NOP/c1-15(2)20-22(16-11-8-7-9-12-16)17-13-10-14-18(23-6)19(17)24(20)21(3,4)5/h7-15,20H,1-6H3/t20-,24+/m0/s1. The first-order valence-electron chi connectivity index (χ1n) is 8.67. The van der Waals surface area contributed by atoms with Crippen molar-refractivity contribution in [1.29, 1.82) is 0 Å². The van der Waals surface area contributed by atoms with Gasteiger partial charge in [0.2, 0.25) is 0 Å². The fourth-order valence-electron chi connectivity index (χ4n) is 3.71. The van der Waals surface area contributed by atoms with Gasteiger partial charge >= 0.3 is 0 Å². The molecule has 3 rings (SSSR count). The fraction of sp³-hybridized carbons (Fsp3) is 0.429. The molecule has 2 atom stereocenters. The summed E-state index contributed by atoms with van der Waals surface area (Å²) in [4.78, 5) is 2.56. The van der Waals surface area contributed by atoms with Crippen LogP contribution in [0.2, 0.25) is 0 Å². The van der Waals surface area contributed by atoms with Gasteiger partial charge in [0, 0.05) is 11.0 Å². The van der Waals surface area contributed by atoms with E-state index in [1.54, 1.807) is 7.11 Å². The van der Waals surface area contributed by atoms with Crippen LogP contribution >= 0.6 is 7.92 Å². The van der Waals surface area contributed by atoms with Crippen molar-refractivity contribution in [3.05, 3.63) is 48.5 Å². The monoisotopic (exact) mass is 341 g/mol. The van der Waals surface area contributed by atoms with Gasteiger partial charge in [-0.15, -0.1) is 0 Å². The van der Waals surface area contributed by atoms with E-state index in [4.69, 9.17) is 4.74 Å². The second-order valence-corrected chi connectivity index (χ2v) is 10.8. The Morgan fingerprint density at radius 1 is 1.00 bits per heavy atom. The molecule has 0 unspecified atom stereocenters. The van der Waals surface area contributed by atoms with Crippen molar-refractivity contribution in [1.82, 2.24) is 0 Å². The summed E-state index contributed by atoms with van der Waals surface area (Å²) in [7, 11) is 1.40. The highest BCUT2D eigenvalue weighted by molar-refractivity contribution is 7.69. The molecule has 0 saturated heterocycles. The zero-order valence-electron chi connectivity index (χ0n) is 15.6. The van der Waals surface area contributed by atoms with Gasteiger partial charge in [-0.05, 0) is 43.3 Å². The highest BCUT2D eigenvalue weighted by Gasteiger charge is 2.47. The third kappa shape index (κ3) is 2.82. The minimum Gasteiger partial charge on any atom is -0.496 e. The van der Waals surface area contributed by atoms with Crippen molar-refractivity contribution in [3.8, 4) is 5.75 Å².